The van der Waals surface area contributed by atoms with Gasteiger partial charge in [0.25, 0.3) is 0 Å². The van der Waals surface area contributed by atoms with Gasteiger partial charge in [0.1, 0.15) is 5.60 Å². The molecule has 134 valence electrons. The van der Waals surface area contributed by atoms with Crippen LogP contribution in [0.1, 0.15) is 67.2 Å². The number of nitrogens with one attached hydrogen (secondary N) is 1. The molecular formula is C17H33N3O3. The van der Waals surface area contributed by atoms with E-state index in [2.05, 4.69) is 5.32 Å². The van der Waals surface area contributed by atoms with Crippen molar-refractivity contribution in [3.63, 3.8) is 0 Å². The standard InChI is InChI=1S/C17H33N3O3/c1-11(2)20(15(21)12(3)18)14-10-8-7-9-13(14)19-16(22)23-17(4,5)6/h11-14H,7-10,18H2,1-6H3,(H,19,22). The van der Waals surface area contributed by atoms with Crippen LogP contribution < -0.4 is 11.1 Å². The molecule has 2 amide bonds. The number of carbonyl (C=O) groups excluding carboxylic acids is 2. The lowest BCUT2D eigenvalue weighted by atomic mass is 9.88. The Hall–Kier alpha value is -1.30. The third-order valence-electron chi connectivity index (χ3n) is 3.99. The third-order valence-corrected chi connectivity index (χ3v) is 3.99. The van der Waals surface area contributed by atoms with E-state index in [1.807, 2.05) is 39.5 Å². The Balaban J connectivity index is 2.87. The van der Waals surface area contributed by atoms with E-state index in [1.54, 1.807) is 6.92 Å². The number of rotatable bonds is 4. The van der Waals surface area contributed by atoms with Crippen LogP contribution in [0.15, 0.2) is 0 Å². The number of nitrogens with two attached hydrogens (primary N) is 1. The summed E-state index contributed by atoms with van der Waals surface area (Å²) in [6.07, 6.45) is 3.38. The lowest BCUT2D eigenvalue weighted by Crippen LogP contribution is -2.59. The Kier molecular flexibility index (Phi) is 6.86. The number of hydrogen-bond acceptors (Lipinski definition) is 4. The molecule has 0 bridgehead atoms. The highest BCUT2D eigenvalue weighted by Crippen LogP contribution is 2.26. The number of alkyl carbamates (subject to hydrolysis) is 1. The van der Waals surface area contributed by atoms with Gasteiger partial charge in [-0.2, -0.15) is 0 Å². The van der Waals surface area contributed by atoms with Gasteiger partial charge in [-0.3, -0.25) is 4.79 Å². The highest BCUT2D eigenvalue weighted by atomic mass is 16.6. The second kappa shape index (κ2) is 7.99. The van der Waals surface area contributed by atoms with Crippen molar-refractivity contribution in [1.82, 2.24) is 10.2 Å². The first-order valence-corrected chi connectivity index (χ1v) is 8.60. The topological polar surface area (TPSA) is 84.7 Å². The second-order valence-corrected chi connectivity index (χ2v) is 7.73. The van der Waals surface area contributed by atoms with Crippen molar-refractivity contribution in [2.45, 2.75) is 97.0 Å². The minimum absolute atomic E-state index is 0.0326. The first kappa shape index (κ1) is 19.7. The van der Waals surface area contributed by atoms with Crippen LogP contribution in [0.2, 0.25) is 0 Å². The summed E-state index contributed by atoms with van der Waals surface area (Å²) in [4.78, 5) is 26.4. The minimum Gasteiger partial charge on any atom is -0.444 e. The van der Waals surface area contributed by atoms with Crippen LogP contribution in [0.5, 0.6) is 0 Å². The first-order chi connectivity index (χ1) is 10.5. The summed E-state index contributed by atoms with van der Waals surface area (Å²) in [7, 11) is 0. The quantitative estimate of drug-likeness (QED) is 0.830. The van der Waals surface area contributed by atoms with E-state index >= 15 is 0 Å². The molecule has 3 unspecified atom stereocenters. The highest BCUT2D eigenvalue weighted by Gasteiger charge is 2.36. The maximum absolute atomic E-state index is 12.5. The van der Waals surface area contributed by atoms with Gasteiger partial charge in [-0.05, 0) is 54.4 Å². The summed E-state index contributed by atoms with van der Waals surface area (Å²) in [6, 6.07) is -0.625. The molecule has 1 aliphatic carbocycles. The number of ether oxygens (including phenoxy) is 1. The molecule has 1 saturated carbocycles. The van der Waals surface area contributed by atoms with Crippen molar-refractivity contribution in [3.8, 4) is 0 Å². The molecule has 1 rings (SSSR count). The lowest BCUT2D eigenvalue weighted by molar-refractivity contribution is -0.138. The van der Waals surface area contributed by atoms with Crippen molar-refractivity contribution in [3.05, 3.63) is 0 Å². The summed E-state index contributed by atoms with van der Waals surface area (Å²) in [5, 5.41) is 2.96. The van der Waals surface area contributed by atoms with Crippen molar-refractivity contribution in [2.75, 3.05) is 0 Å². The molecule has 0 aromatic rings. The van der Waals surface area contributed by atoms with Gasteiger partial charge >= 0.3 is 6.09 Å². The Bertz CT molecular complexity index is 416. The minimum atomic E-state index is -0.540. The zero-order chi connectivity index (χ0) is 17.8. The summed E-state index contributed by atoms with van der Waals surface area (Å²) in [6.45, 7) is 11.2. The number of carbonyl (C=O) groups is 2. The van der Waals surface area contributed by atoms with E-state index in [0.717, 1.165) is 25.7 Å². The molecule has 0 heterocycles. The predicted octanol–water partition coefficient (Wildman–Crippen LogP) is 2.41. The number of nitrogens with zero attached hydrogens (tertiary/aromatic N) is 1. The highest BCUT2D eigenvalue weighted by molar-refractivity contribution is 5.82. The molecule has 6 heteroatoms. The summed E-state index contributed by atoms with van der Waals surface area (Å²) in [5.41, 5.74) is 5.27. The van der Waals surface area contributed by atoms with Gasteiger partial charge in [0.15, 0.2) is 0 Å². The molecule has 0 aromatic carbocycles. The van der Waals surface area contributed by atoms with Crippen LogP contribution in [0.25, 0.3) is 0 Å². The smallest absolute Gasteiger partial charge is 0.407 e. The molecular weight excluding hydrogens is 294 g/mol. The van der Waals surface area contributed by atoms with Crippen LogP contribution in [-0.2, 0) is 9.53 Å². The van der Waals surface area contributed by atoms with E-state index in [0.29, 0.717) is 0 Å². The van der Waals surface area contributed by atoms with Crippen LogP contribution in [-0.4, -0.2) is 46.7 Å². The average molecular weight is 327 g/mol. The Morgan fingerprint density at radius 3 is 2.22 bits per heavy atom. The van der Waals surface area contributed by atoms with Gasteiger partial charge in [-0.1, -0.05) is 12.8 Å². The van der Waals surface area contributed by atoms with Crippen LogP contribution in [0.3, 0.4) is 0 Å². The molecule has 23 heavy (non-hydrogen) atoms. The largest absolute Gasteiger partial charge is 0.444 e. The van der Waals surface area contributed by atoms with Gasteiger partial charge in [0.2, 0.25) is 5.91 Å². The third kappa shape index (κ3) is 6.01. The van der Waals surface area contributed by atoms with E-state index in [9.17, 15) is 9.59 Å². The summed E-state index contributed by atoms with van der Waals surface area (Å²) in [5.74, 6) is -0.0668. The summed E-state index contributed by atoms with van der Waals surface area (Å²) < 4.78 is 5.36. The molecule has 3 N–H and O–H groups in total. The number of hydrogen-bond donors (Lipinski definition) is 2. The van der Waals surface area contributed by atoms with Crippen molar-refractivity contribution < 1.29 is 14.3 Å². The van der Waals surface area contributed by atoms with Crippen LogP contribution in [0, 0.1) is 0 Å². The monoisotopic (exact) mass is 327 g/mol. The Morgan fingerprint density at radius 2 is 1.74 bits per heavy atom. The van der Waals surface area contributed by atoms with Gasteiger partial charge in [0, 0.05) is 6.04 Å². The fourth-order valence-electron chi connectivity index (χ4n) is 3.11. The Labute approximate surface area is 140 Å². The first-order valence-electron chi connectivity index (χ1n) is 8.60. The van der Waals surface area contributed by atoms with Gasteiger partial charge in [0.05, 0.1) is 18.1 Å². The van der Waals surface area contributed by atoms with Crippen molar-refractivity contribution in [2.24, 2.45) is 5.73 Å². The Morgan fingerprint density at radius 1 is 1.17 bits per heavy atom. The molecule has 3 atom stereocenters. The van der Waals surface area contributed by atoms with E-state index in [-0.39, 0.29) is 24.0 Å². The summed E-state index contributed by atoms with van der Waals surface area (Å²) >= 11 is 0. The molecule has 0 radical (unpaired) electrons. The zero-order valence-corrected chi connectivity index (χ0v) is 15.4. The van der Waals surface area contributed by atoms with Gasteiger partial charge < -0.3 is 20.7 Å². The molecule has 1 fully saturated rings. The van der Waals surface area contributed by atoms with Crippen LogP contribution >= 0.6 is 0 Å². The zero-order valence-electron chi connectivity index (χ0n) is 15.4. The predicted molar refractivity (Wildman–Crippen MR) is 91.0 cm³/mol. The van der Waals surface area contributed by atoms with E-state index in [4.69, 9.17) is 10.5 Å². The molecule has 0 aliphatic heterocycles. The van der Waals surface area contributed by atoms with E-state index < -0.39 is 17.7 Å². The average Bonchev–Trinajstić information content (AvgIpc) is 2.38. The van der Waals surface area contributed by atoms with Crippen molar-refractivity contribution >= 4 is 12.0 Å². The molecule has 0 spiro atoms. The lowest BCUT2D eigenvalue weighted by Gasteiger charge is -2.43. The molecule has 0 aromatic heterocycles. The van der Waals surface area contributed by atoms with Crippen LogP contribution in [0.4, 0.5) is 4.79 Å². The molecule has 0 saturated heterocycles. The number of amides is 2. The molecule has 6 nitrogen and oxygen atoms in total. The van der Waals surface area contributed by atoms with E-state index in [1.165, 1.54) is 0 Å². The SMILES string of the molecule is CC(N)C(=O)N(C(C)C)C1CCCCC1NC(=O)OC(C)(C)C. The van der Waals surface area contributed by atoms with Gasteiger partial charge in [-0.15, -0.1) is 0 Å². The van der Waals surface area contributed by atoms with Crippen molar-refractivity contribution in [1.29, 1.82) is 0 Å². The second-order valence-electron chi connectivity index (χ2n) is 7.73. The maximum atomic E-state index is 12.5. The normalized spacial score (nSPS) is 23.3. The fraction of sp³-hybridized carbons (Fsp3) is 0.882. The molecule has 1 aliphatic rings. The fourth-order valence-corrected chi connectivity index (χ4v) is 3.11. The van der Waals surface area contributed by atoms with Gasteiger partial charge in [-0.25, -0.2) is 4.79 Å². The maximum Gasteiger partial charge on any atom is 0.407 e.